The average molecular weight is 374 g/mol. The standard InChI is InChI=1S/C19H22N2O4S/c1-13-8-9-15(14(2)12-13)20-19(22)18-10-11-21(26(3,23)24)16-6-4-5-7-17(16)25-18/h4-9,12,18H,10-11H2,1-3H3,(H,20,22). The van der Waals surface area contributed by atoms with Gasteiger partial charge in [0.05, 0.1) is 11.9 Å². The molecule has 7 heteroatoms. The number of nitrogens with one attached hydrogen (secondary N) is 1. The Morgan fingerprint density at radius 2 is 1.92 bits per heavy atom. The number of fused-ring (bicyclic) bond motifs is 1. The maximum atomic E-state index is 12.7. The van der Waals surface area contributed by atoms with Crippen molar-refractivity contribution in [3.63, 3.8) is 0 Å². The van der Waals surface area contributed by atoms with Crippen molar-refractivity contribution in [1.82, 2.24) is 0 Å². The summed E-state index contributed by atoms with van der Waals surface area (Å²) in [5.74, 6) is 0.0957. The number of ether oxygens (including phenoxy) is 1. The smallest absolute Gasteiger partial charge is 0.265 e. The third-order valence-corrected chi connectivity index (χ3v) is 5.51. The van der Waals surface area contributed by atoms with Gasteiger partial charge in [-0.15, -0.1) is 0 Å². The Balaban J connectivity index is 1.85. The molecule has 3 rings (SSSR count). The minimum absolute atomic E-state index is 0.181. The highest BCUT2D eigenvalue weighted by Crippen LogP contribution is 2.34. The molecule has 6 nitrogen and oxygen atoms in total. The Hall–Kier alpha value is -2.54. The van der Waals surface area contributed by atoms with Gasteiger partial charge in [0, 0.05) is 18.7 Å². The molecule has 0 saturated heterocycles. The van der Waals surface area contributed by atoms with Crippen molar-refractivity contribution in [3.8, 4) is 5.75 Å². The van der Waals surface area contributed by atoms with E-state index >= 15 is 0 Å². The molecule has 1 heterocycles. The molecule has 2 aromatic carbocycles. The number of rotatable bonds is 3. The van der Waals surface area contributed by atoms with Gasteiger partial charge in [0.15, 0.2) is 6.10 Å². The maximum absolute atomic E-state index is 12.7. The molecule has 0 aromatic heterocycles. The fraction of sp³-hybridized carbons (Fsp3) is 0.316. The molecule has 1 atom stereocenters. The van der Waals surface area contributed by atoms with Crippen molar-refractivity contribution < 1.29 is 17.9 Å². The number of para-hydroxylation sites is 2. The molecule has 1 unspecified atom stereocenters. The number of sulfonamides is 1. The summed E-state index contributed by atoms with van der Waals surface area (Å²) < 4.78 is 31.4. The lowest BCUT2D eigenvalue weighted by Crippen LogP contribution is -2.36. The highest BCUT2D eigenvalue weighted by Gasteiger charge is 2.31. The molecule has 1 aliphatic rings. The number of amides is 1. The predicted molar refractivity (Wildman–Crippen MR) is 102 cm³/mol. The van der Waals surface area contributed by atoms with Gasteiger partial charge in [-0.3, -0.25) is 9.10 Å². The molecule has 138 valence electrons. The van der Waals surface area contributed by atoms with Crippen LogP contribution in [-0.4, -0.2) is 33.2 Å². The monoisotopic (exact) mass is 374 g/mol. The minimum Gasteiger partial charge on any atom is -0.478 e. The summed E-state index contributed by atoms with van der Waals surface area (Å²) in [6, 6.07) is 12.6. The second-order valence-electron chi connectivity index (χ2n) is 6.51. The number of carbonyl (C=O) groups excluding carboxylic acids is 1. The number of hydrogen-bond donors (Lipinski definition) is 1. The van der Waals surface area contributed by atoms with E-state index in [1.54, 1.807) is 24.3 Å². The van der Waals surface area contributed by atoms with Gasteiger partial charge in [0.1, 0.15) is 5.75 Å². The van der Waals surface area contributed by atoms with Gasteiger partial charge in [-0.05, 0) is 37.6 Å². The summed E-state index contributed by atoms with van der Waals surface area (Å²) in [7, 11) is -3.46. The first kappa shape index (κ1) is 18.3. The van der Waals surface area contributed by atoms with Crippen LogP contribution in [0.4, 0.5) is 11.4 Å². The average Bonchev–Trinajstić information content (AvgIpc) is 2.76. The number of aryl methyl sites for hydroxylation is 2. The second-order valence-corrected chi connectivity index (χ2v) is 8.41. The Kier molecular flexibility index (Phi) is 4.91. The van der Waals surface area contributed by atoms with Crippen LogP contribution in [0, 0.1) is 13.8 Å². The molecule has 1 N–H and O–H groups in total. The summed E-state index contributed by atoms with van der Waals surface area (Å²) >= 11 is 0. The van der Waals surface area contributed by atoms with Crippen molar-refractivity contribution in [3.05, 3.63) is 53.6 Å². The third-order valence-electron chi connectivity index (χ3n) is 4.33. The van der Waals surface area contributed by atoms with Crippen molar-refractivity contribution in [1.29, 1.82) is 0 Å². The molecule has 0 spiro atoms. The van der Waals surface area contributed by atoms with Gasteiger partial charge < -0.3 is 10.1 Å². The van der Waals surface area contributed by atoms with Crippen LogP contribution in [-0.2, 0) is 14.8 Å². The molecule has 0 radical (unpaired) electrons. The molecule has 2 aromatic rings. The van der Waals surface area contributed by atoms with Crippen LogP contribution in [0.25, 0.3) is 0 Å². The highest BCUT2D eigenvalue weighted by atomic mass is 32.2. The van der Waals surface area contributed by atoms with Crippen molar-refractivity contribution in [2.75, 3.05) is 22.4 Å². The van der Waals surface area contributed by atoms with Crippen LogP contribution in [0.3, 0.4) is 0 Å². The van der Waals surface area contributed by atoms with Gasteiger partial charge in [0.25, 0.3) is 5.91 Å². The molecule has 26 heavy (non-hydrogen) atoms. The normalized spacial score (nSPS) is 17.0. The van der Waals surface area contributed by atoms with E-state index in [1.165, 1.54) is 4.31 Å². The van der Waals surface area contributed by atoms with E-state index in [2.05, 4.69) is 5.32 Å². The van der Waals surface area contributed by atoms with E-state index in [9.17, 15) is 13.2 Å². The van der Waals surface area contributed by atoms with Gasteiger partial charge in [-0.1, -0.05) is 29.8 Å². The van der Waals surface area contributed by atoms with E-state index in [0.717, 1.165) is 23.1 Å². The molecule has 0 bridgehead atoms. The van der Waals surface area contributed by atoms with Crippen LogP contribution in [0.15, 0.2) is 42.5 Å². The SMILES string of the molecule is Cc1ccc(NC(=O)C2CCN(S(C)(=O)=O)c3ccccc3O2)c(C)c1. The number of hydrogen-bond acceptors (Lipinski definition) is 4. The van der Waals surface area contributed by atoms with Crippen molar-refractivity contribution in [2.45, 2.75) is 26.4 Å². The first-order valence-electron chi connectivity index (χ1n) is 8.37. The Morgan fingerprint density at radius 1 is 1.19 bits per heavy atom. The summed E-state index contributed by atoms with van der Waals surface area (Å²) in [5, 5.41) is 2.89. The van der Waals surface area contributed by atoms with Crippen LogP contribution >= 0.6 is 0 Å². The first-order chi connectivity index (χ1) is 12.3. The van der Waals surface area contributed by atoms with E-state index in [-0.39, 0.29) is 18.9 Å². The summed E-state index contributed by atoms with van der Waals surface area (Å²) in [6.07, 6.45) is 0.641. The topological polar surface area (TPSA) is 75.7 Å². The van der Waals surface area contributed by atoms with E-state index < -0.39 is 16.1 Å². The third kappa shape index (κ3) is 3.83. The largest absolute Gasteiger partial charge is 0.478 e. The van der Waals surface area contributed by atoms with Crippen LogP contribution < -0.4 is 14.4 Å². The van der Waals surface area contributed by atoms with Gasteiger partial charge >= 0.3 is 0 Å². The van der Waals surface area contributed by atoms with E-state index in [0.29, 0.717) is 11.4 Å². The number of nitrogens with zero attached hydrogens (tertiary/aromatic N) is 1. The number of anilines is 2. The number of carbonyl (C=O) groups is 1. The zero-order valence-corrected chi connectivity index (χ0v) is 15.8. The zero-order valence-electron chi connectivity index (χ0n) is 15.0. The Morgan fingerprint density at radius 3 is 2.62 bits per heavy atom. The van der Waals surface area contributed by atoms with Crippen molar-refractivity contribution >= 4 is 27.3 Å². The Bertz CT molecular complexity index is 940. The predicted octanol–water partition coefficient (Wildman–Crippen LogP) is 2.86. The lowest BCUT2D eigenvalue weighted by molar-refractivity contribution is -0.122. The highest BCUT2D eigenvalue weighted by molar-refractivity contribution is 7.92. The summed E-state index contributed by atoms with van der Waals surface area (Å²) in [6.45, 7) is 4.10. The number of benzene rings is 2. The lowest BCUT2D eigenvalue weighted by Gasteiger charge is -2.20. The van der Waals surface area contributed by atoms with Crippen LogP contribution in [0.1, 0.15) is 17.5 Å². The van der Waals surface area contributed by atoms with E-state index in [1.807, 2.05) is 32.0 Å². The molecule has 0 aliphatic carbocycles. The Labute approximate surface area is 153 Å². The molecule has 0 saturated carbocycles. The summed E-state index contributed by atoms with van der Waals surface area (Å²) in [4.78, 5) is 12.7. The second kappa shape index (κ2) is 6.99. The molecular weight excluding hydrogens is 352 g/mol. The van der Waals surface area contributed by atoms with E-state index in [4.69, 9.17) is 4.74 Å². The zero-order chi connectivity index (χ0) is 18.9. The van der Waals surface area contributed by atoms with Crippen LogP contribution in [0.2, 0.25) is 0 Å². The molecule has 1 aliphatic heterocycles. The van der Waals surface area contributed by atoms with Gasteiger partial charge in [0.2, 0.25) is 10.0 Å². The molecule has 1 amide bonds. The van der Waals surface area contributed by atoms with Gasteiger partial charge in [-0.25, -0.2) is 8.42 Å². The molecule has 0 fully saturated rings. The molecular formula is C19H22N2O4S. The quantitative estimate of drug-likeness (QED) is 0.896. The fourth-order valence-corrected chi connectivity index (χ4v) is 3.97. The summed E-state index contributed by atoms with van der Waals surface area (Å²) in [5.41, 5.74) is 3.26. The first-order valence-corrected chi connectivity index (χ1v) is 10.2. The minimum atomic E-state index is -3.46. The van der Waals surface area contributed by atoms with Crippen molar-refractivity contribution in [2.24, 2.45) is 0 Å². The van der Waals surface area contributed by atoms with Crippen LogP contribution in [0.5, 0.6) is 5.75 Å². The van der Waals surface area contributed by atoms with Gasteiger partial charge in [-0.2, -0.15) is 0 Å². The lowest BCUT2D eigenvalue weighted by atomic mass is 10.1. The maximum Gasteiger partial charge on any atom is 0.265 e. The fourth-order valence-electron chi connectivity index (χ4n) is 3.03.